The highest BCUT2D eigenvalue weighted by Crippen LogP contribution is 2.18. The number of hydrogen-bond acceptors (Lipinski definition) is 7. The molecule has 0 fully saturated rings. The maximum Gasteiger partial charge on any atom is 0.337 e. The van der Waals surface area contributed by atoms with Crippen LogP contribution in [0.2, 0.25) is 0 Å². The predicted octanol–water partition coefficient (Wildman–Crippen LogP) is 3.66. The highest BCUT2D eigenvalue weighted by atomic mass is 16.5. The molecule has 3 rings (SSSR count). The van der Waals surface area contributed by atoms with Crippen molar-refractivity contribution in [2.45, 2.75) is 6.92 Å². The van der Waals surface area contributed by atoms with Crippen LogP contribution in [-0.2, 0) is 4.74 Å². The summed E-state index contributed by atoms with van der Waals surface area (Å²) in [5.74, 6) is 0.364. The fraction of sp³-hybridized carbons (Fsp3) is 0.143. The van der Waals surface area contributed by atoms with E-state index in [4.69, 9.17) is 9.47 Å². The number of methoxy groups -OCH3 is 1. The molecule has 8 heteroatoms. The number of rotatable bonds is 7. The second-order valence-electron chi connectivity index (χ2n) is 5.90. The molecular weight excluding hydrogens is 372 g/mol. The molecule has 0 saturated heterocycles. The first-order valence-electron chi connectivity index (χ1n) is 8.90. The Morgan fingerprint density at radius 2 is 1.79 bits per heavy atom. The normalized spacial score (nSPS) is 10.1. The van der Waals surface area contributed by atoms with Crippen molar-refractivity contribution in [3.05, 3.63) is 72.2 Å². The van der Waals surface area contributed by atoms with E-state index in [0.717, 1.165) is 5.75 Å². The van der Waals surface area contributed by atoms with E-state index < -0.39 is 5.97 Å². The van der Waals surface area contributed by atoms with Crippen molar-refractivity contribution in [1.29, 1.82) is 0 Å². The number of nitrogens with zero attached hydrogens (tertiary/aromatic N) is 2. The van der Waals surface area contributed by atoms with Crippen molar-refractivity contribution in [1.82, 2.24) is 9.97 Å². The number of esters is 1. The summed E-state index contributed by atoms with van der Waals surface area (Å²) >= 11 is 0. The molecule has 0 atom stereocenters. The number of hydrogen-bond donors (Lipinski definition) is 2. The van der Waals surface area contributed by atoms with E-state index in [1.165, 1.54) is 19.5 Å². The van der Waals surface area contributed by atoms with Crippen LogP contribution in [0.3, 0.4) is 0 Å². The lowest BCUT2D eigenvalue weighted by atomic mass is 10.2. The first-order chi connectivity index (χ1) is 14.1. The van der Waals surface area contributed by atoms with Crippen LogP contribution in [0.15, 0.2) is 60.9 Å². The number of amides is 1. The third-order valence-corrected chi connectivity index (χ3v) is 3.86. The van der Waals surface area contributed by atoms with E-state index in [9.17, 15) is 9.59 Å². The van der Waals surface area contributed by atoms with E-state index >= 15 is 0 Å². The summed E-state index contributed by atoms with van der Waals surface area (Å²) in [7, 11) is 1.32. The van der Waals surface area contributed by atoms with Crippen LogP contribution in [0.4, 0.5) is 17.2 Å². The maximum atomic E-state index is 12.3. The second kappa shape index (κ2) is 9.32. The molecule has 2 aromatic carbocycles. The Kier molecular flexibility index (Phi) is 6.36. The Bertz CT molecular complexity index is 988. The zero-order valence-corrected chi connectivity index (χ0v) is 16.0. The molecule has 1 heterocycles. The van der Waals surface area contributed by atoms with Gasteiger partial charge in [0.2, 0.25) is 0 Å². The molecule has 1 aromatic heterocycles. The van der Waals surface area contributed by atoms with Gasteiger partial charge >= 0.3 is 5.97 Å². The average molecular weight is 392 g/mol. The van der Waals surface area contributed by atoms with Crippen molar-refractivity contribution in [2.24, 2.45) is 0 Å². The molecule has 2 N–H and O–H groups in total. The van der Waals surface area contributed by atoms with Gasteiger partial charge in [-0.1, -0.05) is 6.07 Å². The standard InChI is InChI=1S/C21H20N4O4/c1-3-29-17-9-7-15(8-10-17)25-20(26)18-12-23-19(13-22-18)24-16-6-4-5-14(11-16)21(27)28-2/h4-13H,3H2,1-2H3,(H,23,24)(H,25,26). The number of ether oxygens (including phenoxy) is 2. The minimum Gasteiger partial charge on any atom is -0.494 e. The summed E-state index contributed by atoms with van der Waals surface area (Å²) in [5, 5.41) is 5.78. The molecule has 0 bridgehead atoms. The van der Waals surface area contributed by atoms with Gasteiger partial charge in [0.05, 0.1) is 31.7 Å². The summed E-state index contributed by atoms with van der Waals surface area (Å²) in [6.45, 7) is 2.48. The lowest BCUT2D eigenvalue weighted by Crippen LogP contribution is -2.14. The molecular formula is C21H20N4O4. The van der Waals surface area contributed by atoms with Gasteiger partial charge in [0.15, 0.2) is 0 Å². The van der Waals surface area contributed by atoms with Gasteiger partial charge in [-0.3, -0.25) is 4.79 Å². The fourth-order valence-corrected chi connectivity index (χ4v) is 2.50. The minimum atomic E-state index is -0.430. The minimum absolute atomic E-state index is 0.174. The fourth-order valence-electron chi connectivity index (χ4n) is 2.50. The molecule has 0 saturated carbocycles. The van der Waals surface area contributed by atoms with Crippen LogP contribution >= 0.6 is 0 Å². The smallest absolute Gasteiger partial charge is 0.337 e. The molecule has 0 unspecified atom stereocenters. The summed E-state index contributed by atoms with van der Waals surface area (Å²) in [6.07, 6.45) is 2.81. The van der Waals surface area contributed by atoms with Crippen LogP contribution in [-0.4, -0.2) is 35.6 Å². The number of carbonyl (C=O) groups is 2. The zero-order chi connectivity index (χ0) is 20.6. The molecule has 3 aromatic rings. The van der Waals surface area contributed by atoms with Gasteiger partial charge in [-0.15, -0.1) is 0 Å². The molecule has 8 nitrogen and oxygen atoms in total. The van der Waals surface area contributed by atoms with E-state index in [-0.39, 0.29) is 11.6 Å². The Morgan fingerprint density at radius 3 is 2.45 bits per heavy atom. The van der Waals surface area contributed by atoms with Crippen molar-refractivity contribution >= 4 is 29.1 Å². The molecule has 0 aliphatic carbocycles. The molecule has 1 amide bonds. The zero-order valence-electron chi connectivity index (χ0n) is 16.0. The van der Waals surface area contributed by atoms with Crippen LogP contribution < -0.4 is 15.4 Å². The first kappa shape index (κ1) is 19.8. The van der Waals surface area contributed by atoms with Gasteiger partial charge in [-0.05, 0) is 49.4 Å². The van der Waals surface area contributed by atoms with E-state index in [0.29, 0.717) is 29.4 Å². The van der Waals surface area contributed by atoms with Crippen molar-refractivity contribution in [2.75, 3.05) is 24.4 Å². The van der Waals surface area contributed by atoms with Gasteiger partial charge in [-0.2, -0.15) is 0 Å². The summed E-state index contributed by atoms with van der Waals surface area (Å²) in [6, 6.07) is 13.8. The number of aromatic nitrogens is 2. The largest absolute Gasteiger partial charge is 0.494 e. The van der Waals surface area contributed by atoms with Gasteiger partial charge < -0.3 is 20.1 Å². The molecule has 0 aliphatic heterocycles. The molecule has 148 valence electrons. The molecule has 0 radical (unpaired) electrons. The van der Waals surface area contributed by atoms with Crippen LogP contribution in [0.25, 0.3) is 0 Å². The monoisotopic (exact) mass is 392 g/mol. The van der Waals surface area contributed by atoms with Crippen molar-refractivity contribution < 1.29 is 19.1 Å². The Hall–Kier alpha value is -3.94. The van der Waals surface area contributed by atoms with Gasteiger partial charge in [0.25, 0.3) is 5.91 Å². The number of nitrogens with one attached hydrogen (secondary N) is 2. The number of benzene rings is 2. The Morgan fingerprint density at radius 1 is 1.00 bits per heavy atom. The third-order valence-electron chi connectivity index (χ3n) is 3.86. The van der Waals surface area contributed by atoms with E-state index in [2.05, 4.69) is 20.6 Å². The van der Waals surface area contributed by atoms with Crippen molar-refractivity contribution in [3.8, 4) is 5.75 Å². The quantitative estimate of drug-likeness (QED) is 0.592. The summed E-state index contributed by atoms with van der Waals surface area (Å²) in [5.41, 5.74) is 1.86. The van der Waals surface area contributed by atoms with Crippen LogP contribution in [0, 0.1) is 0 Å². The average Bonchev–Trinajstić information content (AvgIpc) is 2.75. The predicted molar refractivity (Wildman–Crippen MR) is 109 cm³/mol. The summed E-state index contributed by atoms with van der Waals surface area (Å²) < 4.78 is 10.1. The van der Waals surface area contributed by atoms with E-state index in [1.807, 2.05) is 6.92 Å². The van der Waals surface area contributed by atoms with Gasteiger partial charge in [0.1, 0.15) is 17.3 Å². The lowest BCUT2D eigenvalue weighted by molar-refractivity contribution is 0.0600. The Balaban J connectivity index is 1.63. The van der Waals surface area contributed by atoms with Gasteiger partial charge in [0, 0.05) is 11.4 Å². The van der Waals surface area contributed by atoms with Crippen LogP contribution in [0.5, 0.6) is 5.75 Å². The van der Waals surface area contributed by atoms with Gasteiger partial charge in [-0.25, -0.2) is 14.8 Å². The number of anilines is 3. The molecule has 29 heavy (non-hydrogen) atoms. The van der Waals surface area contributed by atoms with Crippen molar-refractivity contribution in [3.63, 3.8) is 0 Å². The SMILES string of the molecule is CCOc1ccc(NC(=O)c2cnc(Nc3cccc(C(=O)OC)c3)cn2)cc1. The van der Waals surface area contributed by atoms with Crippen LogP contribution in [0.1, 0.15) is 27.8 Å². The van der Waals surface area contributed by atoms with E-state index in [1.54, 1.807) is 48.5 Å². The Labute approximate surface area is 167 Å². The molecule has 0 aliphatic rings. The second-order valence-corrected chi connectivity index (χ2v) is 5.90. The summed E-state index contributed by atoms with van der Waals surface area (Å²) in [4.78, 5) is 32.3. The molecule has 0 spiro atoms. The third kappa shape index (κ3) is 5.29. The highest BCUT2D eigenvalue weighted by molar-refractivity contribution is 6.02. The first-order valence-corrected chi connectivity index (χ1v) is 8.90. The maximum absolute atomic E-state index is 12.3. The highest BCUT2D eigenvalue weighted by Gasteiger charge is 2.10. The topological polar surface area (TPSA) is 102 Å². The number of carbonyl (C=O) groups excluding carboxylic acids is 2. The lowest BCUT2D eigenvalue weighted by Gasteiger charge is -2.08.